The van der Waals surface area contributed by atoms with Crippen LogP contribution < -0.4 is 11.2 Å². The van der Waals surface area contributed by atoms with E-state index in [4.69, 9.17) is 0 Å². The normalized spacial score (nSPS) is 12.2. The second kappa shape index (κ2) is 2.85. The number of hydrogen-bond acceptors (Lipinski definition) is 2. The third kappa shape index (κ3) is 1.49. The first kappa shape index (κ1) is 9.76. The summed E-state index contributed by atoms with van der Waals surface area (Å²) in [6, 6.07) is 1.70. The Balaban J connectivity index is 2.92. The molecular formula is C10H13N3O2. The zero-order chi connectivity index (χ0) is 11.2. The average molecular weight is 207 g/mol. The molecule has 5 nitrogen and oxygen atoms in total. The zero-order valence-corrected chi connectivity index (χ0v) is 8.92. The highest BCUT2D eigenvalue weighted by molar-refractivity contribution is 5.74. The maximum absolute atomic E-state index is 11.5. The van der Waals surface area contributed by atoms with Crippen LogP contribution >= 0.6 is 0 Å². The molecule has 2 rings (SSSR count). The topological polar surface area (TPSA) is 70.7 Å². The summed E-state index contributed by atoms with van der Waals surface area (Å²) in [5.41, 5.74) is -0.428. The van der Waals surface area contributed by atoms with Crippen LogP contribution in [0.4, 0.5) is 0 Å². The molecular weight excluding hydrogens is 194 g/mol. The highest BCUT2D eigenvalue weighted by Gasteiger charge is 2.16. The quantitative estimate of drug-likeness (QED) is 0.670. The third-order valence-corrected chi connectivity index (χ3v) is 2.31. The molecule has 5 heteroatoms. The van der Waals surface area contributed by atoms with Crippen molar-refractivity contribution in [2.45, 2.75) is 26.3 Å². The predicted molar refractivity (Wildman–Crippen MR) is 58.2 cm³/mol. The summed E-state index contributed by atoms with van der Waals surface area (Å²) >= 11 is 0. The lowest BCUT2D eigenvalue weighted by atomic mass is 10.1. The Morgan fingerprint density at radius 3 is 2.47 bits per heavy atom. The van der Waals surface area contributed by atoms with E-state index in [-0.39, 0.29) is 11.1 Å². The average Bonchev–Trinajstić information content (AvgIpc) is 2.45. The van der Waals surface area contributed by atoms with Crippen molar-refractivity contribution < 1.29 is 0 Å². The van der Waals surface area contributed by atoms with E-state index < -0.39 is 5.69 Å². The molecule has 0 amide bonds. The molecule has 2 aromatic rings. The highest BCUT2D eigenvalue weighted by Crippen LogP contribution is 2.19. The van der Waals surface area contributed by atoms with Gasteiger partial charge in [-0.1, -0.05) is 0 Å². The second-order valence-corrected chi connectivity index (χ2v) is 4.53. The van der Waals surface area contributed by atoms with E-state index in [1.165, 1.54) is 0 Å². The van der Waals surface area contributed by atoms with Crippen molar-refractivity contribution in [3.63, 3.8) is 0 Å². The van der Waals surface area contributed by atoms with Crippen LogP contribution in [-0.4, -0.2) is 14.5 Å². The summed E-state index contributed by atoms with van der Waals surface area (Å²) in [6.07, 6.45) is 1.80. The Kier molecular flexibility index (Phi) is 1.86. The van der Waals surface area contributed by atoms with E-state index in [0.717, 1.165) is 0 Å². The minimum Gasteiger partial charge on any atom is -0.329 e. The van der Waals surface area contributed by atoms with Crippen molar-refractivity contribution in [1.82, 2.24) is 14.5 Å². The van der Waals surface area contributed by atoms with Crippen LogP contribution in [0.2, 0.25) is 0 Å². The van der Waals surface area contributed by atoms with Crippen molar-refractivity contribution >= 4 is 11.0 Å². The van der Waals surface area contributed by atoms with Crippen LogP contribution in [-0.2, 0) is 5.54 Å². The smallest absolute Gasteiger partial charge is 0.327 e. The molecule has 0 saturated heterocycles. The fraction of sp³-hybridized carbons (Fsp3) is 0.400. The Hall–Kier alpha value is -1.78. The monoisotopic (exact) mass is 207 g/mol. The van der Waals surface area contributed by atoms with Crippen molar-refractivity contribution in [2.75, 3.05) is 0 Å². The number of H-pyrrole nitrogens is 2. The molecule has 2 N–H and O–H groups in total. The molecule has 0 unspecified atom stereocenters. The van der Waals surface area contributed by atoms with Gasteiger partial charge in [0.15, 0.2) is 0 Å². The summed E-state index contributed by atoms with van der Waals surface area (Å²) in [5, 5.41) is 0.504. The number of aromatic amines is 2. The SMILES string of the molecule is CC(C)(C)n1ccc2c(=O)[nH]c(=O)[nH]c21. The van der Waals surface area contributed by atoms with Crippen LogP contribution in [0, 0.1) is 0 Å². The molecule has 0 aliphatic carbocycles. The van der Waals surface area contributed by atoms with Crippen molar-refractivity contribution in [1.29, 1.82) is 0 Å². The highest BCUT2D eigenvalue weighted by atomic mass is 16.2. The van der Waals surface area contributed by atoms with Gasteiger partial charge in [0.2, 0.25) is 0 Å². The zero-order valence-electron chi connectivity index (χ0n) is 8.92. The van der Waals surface area contributed by atoms with E-state index in [1.54, 1.807) is 12.3 Å². The number of hydrogen-bond donors (Lipinski definition) is 2. The fourth-order valence-corrected chi connectivity index (χ4v) is 1.61. The fourth-order valence-electron chi connectivity index (χ4n) is 1.61. The Bertz CT molecular complexity index is 610. The summed E-state index contributed by atoms with van der Waals surface area (Å²) in [5.74, 6) is 0. The van der Waals surface area contributed by atoms with Crippen molar-refractivity contribution in [3.8, 4) is 0 Å². The van der Waals surface area contributed by atoms with Crippen LogP contribution in [0.5, 0.6) is 0 Å². The molecule has 2 heterocycles. The lowest BCUT2D eigenvalue weighted by Gasteiger charge is -2.21. The van der Waals surface area contributed by atoms with Gasteiger partial charge in [0.05, 0.1) is 5.39 Å². The third-order valence-electron chi connectivity index (χ3n) is 2.31. The van der Waals surface area contributed by atoms with E-state index in [1.807, 2.05) is 25.3 Å². The van der Waals surface area contributed by atoms with Gasteiger partial charge in [-0.2, -0.15) is 0 Å². The Morgan fingerprint density at radius 1 is 1.20 bits per heavy atom. The van der Waals surface area contributed by atoms with Gasteiger partial charge < -0.3 is 4.57 Å². The van der Waals surface area contributed by atoms with Crippen molar-refractivity contribution in [3.05, 3.63) is 33.1 Å². The van der Waals surface area contributed by atoms with Gasteiger partial charge >= 0.3 is 5.69 Å². The number of fused-ring (bicyclic) bond motifs is 1. The maximum Gasteiger partial charge on any atom is 0.327 e. The molecule has 0 saturated carbocycles. The van der Waals surface area contributed by atoms with Gasteiger partial charge in [0.1, 0.15) is 5.65 Å². The van der Waals surface area contributed by atoms with E-state index >= 15 is 0 Å². The van der Waals surface area contributed by atoms with Gasteiger partial charge in [-0.15, -0.1) is 0 Å². The van der Waals surface area contributed by atoms with Crippen LogP contribution in [0.25, 0.3) is 11.0 Å². The first-order chi connectivity index (χ1) is 6.89. The number of nitrogens with one attached hydrogen (secondary N) is 2. The second-order valence-electron chi connectivity index (χ2n) is 4.53. The van der Waals surface area contributed by atoms with Gasteiger partial charge in [-0.05, 0) is 26.8 Å². The molecule has 0 atom stereocenters. The summed E-state index contributed by atoms with van der Waals surface area (Å²) < 4.78 is 1.87. The van der Waals surface area contributed by atoms with Crippen LogP contribution in [0.1, 0.15) is 20.8 Å². The van der Waals surface area contributed by atoms with E-state index in [9.17, 15) is 9.59 Å². The Labute approximate surface area is 85.8 Å². The number of aromatic nitrogens is 3. The molecule has 0 radical (unpaired) electrons. The molecule has 2 aromatic heterocycles. The number of rotatable bonds is 0. The summed E-state index contributed by atoms with van der Waals surface area (Å²) in [6.45, 7) is 6.02. The maximum atomic E-state index is 11.5. The minimum absolute atomic E-state index is 0.168. The predicted octanol–water partition coefficient (Wildman–Crippen LogP) is 0.773. The van der Waals surface area contributed by atoms with Gasteiger partial charge in [-0.25, -0.2) is 4.79 Å². The van der Waals surface area contributed by atoms with Gasteiger partial charge in [0.25, 0.3) is 5.56 Å². The molecule has 0 aliphatic heterocycles. The van der Waals surface area contributed by atoms with Crippen LogP contribution in [0.15, 0.2) is 21.9 Å². The van der Waals surface area contributed by atoms with Gasteiger partial charge in [0, 0.05) is 11.7 Å². The lowest BCUT2D eigenvalue weighted by molar-refractivity contribution is 0.408. The number of nitrogens with zero attached hydrogens (tertiary/aromatic N) is 1. The van der Waals surface area contributed by atoms with E-state index in [2.05, 4.69) is 9.97 Å². The molecule has 0 aromatic carbocycles. The largest absolute Gasteiger partial charge is 0.329 e. The minimum atomic E-state index is -0.475. The molecule has 0 aliphatic rings. The first-order valence-corrected chi connectivity index (χ1v) is 4.74. The van der Waals surface area contributed by atoms with Crippen molar-refractivity contribution in [2.24, 2.45) is 0 Å². The summed E-state index contributed by atoms with van der Waals surface area (Å²) in [7, 11) is 0. The van der Waals surface area contributed by atoms with Crippen LogP contribution in [0.3, 0.4) is 0 Å². The van der Waals surface area contributed by atoms with E-state index in [0.29, 0.717) is 11.0 Å². The van der Waals surface area contributed by atoms with Gasteiger partial charge in [-0.3, -0.25) is 14.8 Å². The lowest BCUT2D eigenvalue weighted by Crippen LogP contribution is -2.26. The summed E-state index contributed by atoms with van der Waals surface area (Å²) in [4.78, 5) is 27.4. The Morgan fingerprint density at radius 2 is 1.87 bits per heavy atom. The molecule has 0 fully saturated rings. The standard InChI is InChI=1S/C10H13N3O2/c1-10(2,3)13-5-4-6-7(13)11-9(15)12-8(6)14/h4-5H,1-3H3,(H2,11,12,14,15). The first-order valence-electron chi connectivity index (χ1n) is 4.74. The molecule has 0 bridgehead atoms. The molecule has 0 spiro atoms. The molecule has 80 valence electrons. The molecule has 15 heavy (non-hydrogen) atoms.